The molecule has 1 aromatic carbocycles. The number of carbonyl (C=O) groups excluding carboxylic acids is 2. The van der Waals surface area contributed by atoms with Gasteiger partial charge >= 0.3 is 5.97 Å². The number of sulfonamides is 1. The first-order valence-electron chi connectivity index (χ1n) is 5.63. The van der Waals surface area contributed by atoms with Gasteiger partial charge in [-0.05, 0) is 18.2 Å². The van der Waals surface area contributed by atoms with E-state index in [4.69, 9.17) is 17.3 Å². The molecular formula is C12H13ClN2O5S. The first-order valence-corrected chi connectivity index (χ1v) is 7.49. The average molecular weight is 333 g/mol. The molecule has 0 aliphatic carbocycles. The Labute approximate surface area is 126 Å². The summed E-state index contributed by atoms with van der Waals surface area (Å²) in [5.41, 5.74) is 4.77. The maximum Gasteiger partial charge on any atom is 0.338 e. The maximum atomic E-state index is 12.0. The molecule has 0 saturated carbocycles. The number of halogens is 1. The largest absolute Gasteiger partial charge is 0.452 e. The van der Waals surface area contributed by atoms with Gasteiger partial charge in [-0.15, -0.1) is 6.58 Å². The summed E-state index contributed by atoms with van der Waals surface area (Å²) >= 11 is 5.82. The lowest BCUT2D eigenvalue weighted by Gasteiger charge is -2.09. The van der Waals surface area contributed by atoms with Gasteiger partial charge in [-0.2, -0.15) is 0 Å². The van der Waals surface area contributed by atoms with Gasteiger partial charge in [0, 0.05) is 6.54 Å². The number of ether oxygens (including phenoxy) is 1. The van der Waals surface area contributed by atoms with E-state index in [1.165, 1.54) is 18.2 Å². The summed E-state index contributed by atoms with van der Waals surface area (Å²) < 4.78 is 30.8. The Bertz CT molecular complexity index is 672. The number of primary amides is 1. The summed E-state index contributed by atoms with van der Waals surface area (Å²) in [4.78, 5) is 21.9. The smallest absolute Gasteiger partial charge is 0.338 e. The molecule has 1 aromatic rings. The highest BCUT2D eigenvalue weighted by atomic mass is 35.5. The van der Waals surface area contributed by atoms with Gasteiger partial charge in [-0.1, -0.05) is 17.7 Å². The van der Waals surface area contributed by atoms with Crippen molar-refractivity contribution >= 4 is 33.5 Å². The minimum atomic E-state index is -3.89. The van der Waals surface area contributed by atoms with Gasteiger partial charge in [-0.25, -0.2) is 17.9 Å². The molecule has 0 aliphatic rings. The lowest BCUT2D eigenvalue weighted by molar-refractivity contribution is -0.121. The van der Waals surface area contributed by atoms with Gasteiger partial charge < -0.3 is 10.5 Å². The van der Waals surface area contributed by atoms with Crippen molar-refractivity contribution in [3.05, 3.63) is 41.4 Å². The summed E-state index contributed by atoms with van der Waals surface area (Å²) in [6, 6.07) is 3.57. The van der Waals surface area contributed by atoms with Crippen LogP contribution in [0.3, 0.4) is 0 Å². The molecule has 0 bridgehead atoms. The molecule has 0 atom stereocenters. The number of hydrogen-bond donors (Lipinski definition) is 2. The molecule has 21 heavy (non-hydrogen) atoms. The number of benzene rings is 1. The third kappa shape index (κ3) is 4.85. The Morgan fingerprint density at radius 2 is 2.10 bits per heavy atom. The van der Waals surface area contributed by atoms with Gasteiger partial charge in [0.2, 0.25) is 10.0 Å². The minimum Gasteiger partial charge on any atom is -0.452 e. The maximum absolute atomic E-state index is 12.0. The van der Waals surface area contributed by atoms with Crippen molar-refractivity contribution in [2.24, 2.45) is 5.73 Å². The Balaban J connectivity index is 3.07. The van der Waals surface area contributed by atoms with E-state index in [1.54, 1.807) is 0 Å². The normalized spacial score (nSPS) is 10.9. The Hall–Kier alpha value is -1.90. The summed E-state index contributed by atoms with van der Waals surface area (Å²) in [6.45, 7) is 2.80. The third-order valence-electron chi connectivity index (χ3n) is 2.22. The predicted octanol–water partition coefficient (Wildman–Crippen LogP) is 0.446. The van der Waals surface area contributed by atoms with Crippen molar-refractivity contribution in [2.45, 2.75) is 4.90 Å². The van der Waals surface area contributed by atoms with Crippen LogP contribution in [0.2, 0.25) is 5.02 Å². The van der Waals surface area contributed by atoms with Gasteiger partial charge in [0.15, 0.2) is 6.61 Å². The van der Waals surface area contributed by atoms with Crippen LogP contribution in [0.15, 0.2) is 35.7 Å². The standard InChI is InChI=1S/C12H13ClN2O5S/c1-2-5-15-21(18,19)10-6-8(3-4-9(10)13)12(17)20-7-11(14)16/h2-4,6,15H,1,5,7H2,(H2,14,16). The van der Waals surface area contributed by atoms with Crippen molar-refractivity contribution < 1.29 is 22.7 Å². The second-order valence-corrected chi connectivity index (χ2v) is 5.97. The van der Waals surface area contributed by atoms with Crippen LogP contribution in [0.4, 0.5) is 0 Å². The number of nitrogens with two attached hydrogens (primary N) is 1. The first-order chi connectivity index (χ1) is 9.77. The van der Waals surface area contributed by atoms with E-state index in [-0.39, 0.29) is 22.0 Å². The molecule has 0 spiro atoms. The van der Waals surface area contributed by atoms with Crippen molar-refractivity contribution in [3.63, 3.8) is 0 Å². The highest BCUT2D eigenvalue weighted by Crippen LogP contribution is 2.23. The van der Waals surface area contributed by atoms with Crippen LogP contribution < -0.4 is 10.5 Å². The molecule has 1 amide bonds. The number of carbonyl (C=O) groups is 2. The zero-order chi connectivity index (χ0) is 16.0. The number of hydrogen-bond acceptors (Lipinski definition) is 5. The molecule has 0 unspecified atom stereocenters. The van der Waals surface area contributed by atoms with Crippen LogP contribution in [0.5, 0.6) is 0 Å². The summed E-state index contributed by atoms with van der Waals surface area (Å²) in [7, 11) is -3.89. The zero-order valence-electron chi connectivity index (χ0n) is 10.8. The molecule has 0 fully saturated rings. The summed E-state index contributed by atoms with van der Waals surface area (Å²) in [5, 5.41) is -0.0574. The van der Waals surface area contributed by atoms with Crippen LogP contribution in [0.1, 0.15) is 10.4 Å². The Morgan fingerprint density at radius 3 is 2.67 bits per heavy atom. The molecule has 9 heteroatoms. The fraction of sp³-hybridized carbons (Fsp3) is 0.167. The van der Waals surface area contributed by atoms with Gasteiger partial charge in [0.1, 0.15) is 4.90 Å². The summed E-state index contributed by atoms with van der Waals surface area (Å²) in [6.07, 6.45) is 1.36. The number of nitrogens with one attached hydrogen (secondary N) is 1. The molecule has 0 saturated heterocycles. The number of rotatable bonds is 7. The van der Waals surface area contributed by atoms with Crippen molar-refractivity contribution in [2.75, 3.05) is 13.2 Å². The van der Waals surface area contributed by atoms with E-state index >= 15 is 0 Å². The van der Waals surface area contributed by atoms with Crippen LogP contribution >= 0.6 is 11.6 Å². The predicted molar refractivity (Wildman–Crippen MR) is 76.3 cm³/mol. The fourth-order valence-electron chi connectivity index (χ4n) is 1.30. The molecule has 114 valence electrons. The van der Waals surface area contributed by atoms with Crippen LogP contribution in [0, 0.1) is 0 Å². The Kier molecular flexibility index (Phi) is 5.89. The van der Waals surface area contributed by atoms with Crippen LogP contribution in [-0.2, 0) is 19.6 Å². The van der Waals surface area contributed by atoms with Gasteiger partial charge in [-0.3, -0.25) is 4.79 Å². The molecule has 3 N–H and O–H groups in total. The lowest BCUT2D eigenvalue weighted by atomic mass is 10.2. The molecular weight excluding hydrogens is 320 g/mol. The van der Waals surface area contributed by atoms with E-state index in [1.807, 2.05) is 0 Å². The van der Waals surface area contributed by atoms with Gasteiger partial charge in [0.25, 0.3) is 5.91 Å². The molecule has 0 heterocycles. The molecule has 0 radical (unpaired) electrons. The Morgan fingerprint density at radius 1 is 1.43 bits per heavy atom. The highest BCUT2D eigenvalue weighted by molar-refractivity contribution is 7.89. The first kappa shape index (κ1) is 17.2. The molecule has 7 nitrogen and oxygen atoms in total. The molecule has 1 rings (SSSR count). The van der Waals surface area contributed by atoms with E-state index in [2.05, 4.69) is 16.0 Å². The zero-order valence-corrected chi connectivity index (χ0v) is 12.4. The molecule has 0 aliphatic heterocycles. The lowest BCUT2D eigenvalue weighted by Crippen LogP contribution is -2.24. The molecule has 0 aromatic heterocycles. The van der Waals surface area contributed by atoms with E-state index in [0.717, 1.165) is 6.07 Å². The van der Waals surface area contributed by atoms with Crippen molar-refractivity contribution in [3.8, 4) is 0 Å². The number of amides is 1. The van der Waals surface area contributed by atoms with E-state index < -0.39 is 28.5 Å². The summed E-state index contributed by atoms with van der Waals surface area (Å²) in [5.74, 6) is -1.71. The van der Waals surface area contributed by atoms with Gasteiger partial charge in [0.05, 0.1) is 10.6 Å². The van der Waals surface area contributed by atoms with Crippen molar-refractivity contribution in [1.82, 2.24) is 4.72 Å². The van der Waals surface area contributed by atoms with Crippen LogP contribution in [0.25, 0.3) is 0 Å². The van der Waals surface area contributed by atoms with E-state index in [0.29, 0.717) is 0 Å². The topological polar surface area (TPSA) is 116 Å². The van der Waals surface area contributed by atoms with Crippen LogP contribution in [-0.4, -0.2) is 33.4 Å². The van der Waals surface area contributed by atoms with E-state index in [9.17, 15) is 18.0 Å². The monoisotopic (exact) mass is 332 g/mol. The second kappa shape index (κ2) is 7.21. The fourth-order valence-corrected chi connectivity index (χ4v) is 2.82. The average Bonchev–Trinajstić information content (AvgIpc) is 2.42. The minimum absolute atomic E-state index is 0.00894. The third-order valence-corrected chi connectivity index (χ3v) is 4.12. The SMILES string of the molecule is C=CCNS(=O)(=O)c1cc(C(=O)OCC(N)=O)ccc1Cl. The number of esters is 1. The quantitative estimate of drug-likeness (QED) is 0.555. The highest BCUT2D eigenvalue weighted by Gasteiger charge is 2.20. The second-order valence-electron chi connectivity index (χ2n) is 3.83. The van der Waals surface area contributed by atoms with Crippen molar-refractivity contribution in [1.29, 1.82) is 0 Å².